The Kier molecular flexibility index (Phi) is 9.90. The molecule has 9 heteroatoms. The van der Waals surface area contributed by atoms with E-state index in [9.17, 15) is 28.8 Å². The van der Waals surface area contributed by atoms with Crippen LogP contribution in [0, 0.1) is 112 Å². The third-order valence-electron chi connectivity index (χ3n) is 16.0. The van der Waals surface area contributed by atoms with Gasteiger partial charge in [0.2, 0.25) is 0 Å². The Morgan fingerprint density at radius 1 is 0.604 bits per heavy atom. The normalized spacial score (nSPS) is 46.4. The molecule has 8 aliphatic rings. The summed E-state index contributed by atoms with van der Waals surface area (Å²) in [4.78, 5) is 73.3. The zero-order valence-corrected chi connectivity index (χ0v) is 33.7. The van der Waals surface area contributed by atoms with Crippen molar-refractivity contribution in [1.29, 1.82) is 0 Å². The molecule has 2 saturated heterocycles. The van der Waals surface area contributed by atoms with E-state index < -0.39 is 17.5 Å². The van der Waals surface area contributed by atoms with Crippen molar-refractivity contribution in [3.8, 4) is 0 Å². The monoisotopic (exact) mass is 736 g/mol. The van der Waals surface area contributed by atoms with E-state index in [0.29, 0.717) is 60.1 Å². The maximum atomic E-state index is 13.1. The molecule has 294 valence electrons. The minimum absolute atomic E-state index is 0.0650. The molecule has 0 aromatic carbocycles. The summed E-state index contributed by atoms with van der Waals surface area (Å²) in [6.07, 6.45) is 7.71. The van der Waals surface area contributed by atoms with Crippen LogP contribution in [-0.2, 0) is 43.0 Å². The summed E-state index contributed by atoms with van der Waals surface area (Å²) in [5.74, 6) is 4.70. The molecule has 15 unspecified atom stereocenters. The minimum Gasteiger partial charge on any atom is -0.460 e. The first-order valence-electron chi connectivity index (χ1n) is 20.9. The van der Waals surface area contributed by atoms with E-state index in [2.05, 4.69) is 34.6 Å². The van der Waals surface area contributed by atoms with E-state index in [4.69, 9.17) is 14.2 Å². The molecule has 6 aliphatic carbocycles. The number of hydrogen-bond acceptors (Lipinski definition) is 9. The molecule has 2 aliphatic heterocycles. The van der Waals surface area contributed by atoms with Gasteiger partial charge in [-0.3, -0.25) is 28.8 Å². The molecule has 2 heterocycles. The Morgan fingerprint density at radius 3 is 1.62 bits per heavy atom. The molecule has 0 aromatic heterocycles. The number of ketones is 1. The first-order chi connectivity index (χ1) is 24.6. The summed E-state index contributed by atoms with van der Waals surface area (Å²) < 4.78 is 15.3. The van der Waals surface area contributed by atoms with Crippen LogP contribution in [0.2, 0.25) is 0 Å². The smallest absolute Gasteiger partial charge is 0.317 e. The van der Waals surface area contributed by atoms with Crippen molar-refractivity contribution in [3.63, 3.8) is 0 Å². The van der Waals surface area contributed by atoms with Gasteiger partial charge in [0.15, 0.2) is 0 Å². The molecule has 9 nitrogen and oxygen atoms in total. The van der Waals surface area contributed by atoms with Crippen molar-refractivity contribution in [1.82, 2.24) is 0 Å². The van der Waals surface area contributed by atoms with E-state index in [-0.39, 0.29) is 70.7 Å². The standard InChI is InChI=1S/C25H36O4.C19H28O5/c1-11-14(8-16-12(2)23(27)29-24(16)28)19-9-15(11)21-13-6-17(18(7-13)22(19)21)20(26)10-25(3,4)5;1-9-11-6-14(15(7-11)18(22)24-19(3,4)5)12(9)8-13-10(2)16(20)23-17(13)21/h11-19,21-22H,6-10H2,1-5H3;9-15H,6-8H2,1-5H3/t11?,12?,13?,14?,15?,16?,17?,18?,19?,21-,22+;9?,10?,11?,12?,13?,14?,15-/m11/s1. The molecular formula is C44H64O9. The molecule has 0 aromatic rings. The zero-order chi connectivity index (χ0) is 38.6. The summed E-state index contributed by atoms with van der Waals surface area (Å²) in [6.45, 7) is 20.4. The predicted octanol–water partition coefficient (Wildman–Crippen LogP) is 7.47. The summed E-state index contributed by atoms with van der Waals surface area (Å²) in [6, 6.07) is 0. The third kappa shape index (κ3) is 6.84. The summed E-state index contributed by atoms with van der Waals surface area (Å²) in [5.41, 5.74) is -0.411. The Morgan fingerprint density at radius 2 is 1.13 bits per heavy atom. The number of ether oxygens (including phenoxy) is 3. The van der Waals surface area contributed by atoms with Gasteiger partial charge >= 0.3 is 29.8 Å². The molecular weight excluding hydrogens is 672 g/mol. The Hall–Kier alpha value is -2.58. The van der Waals surface area contributed by atoms with Gasteiger partial charge in [0.25, 0.3) is 0 Å². The topological polar surface area (TPSA) is 130 Å². The van der Waals surface area contributed by atoms with Gasteiger partial charge in [0.1, 0.15) is 11.4 Å². The van der Waals surface area contributed by atoms with E-state index in [1.54, 1.807) is 6.92 Å². The van der Waals surface area contributed by atoms with Crippen LogP contribution >= 0.6 is 0 Å². The molecule has 53 heavy (non-hydrogen) atoms. The quantitative estimate of drug-likeness (QED) is 0.113. The van der Waals surface area contributed by atoms with Crippen LogP contribution in [0.4, 0.5) is 0 Å². The van der Waals surface area contributed by atoms with E-state index >= 15 is 0 Å². The van der Waals surface area contributed by atoms with Crippen LogP contribution in [0.3, 0.4) is 0 Å². The van der Waals surface area contributed by atoms with Crippen molar-refractivity contribution in [3.05, 3.63) is 0 Å². The molecule has 0 amide bonds. The van der Waals surface area contributed by atoms with E-state index in [1.165, 1.54) is 12.8 Å². The van der Waals surface area contributed by atoms with Crippen molar-refractivity contribution >= 4 is 35.6 Å². The maximum Gasteiger partial charge on any atom is 0.317 e. The van der Waals surface area contributed by atoms with E-state index in [0.717, 1.165) is 43.4 Å². The van der Waals surface area contributed by atoms with Gasteiger partial charge in [0, 0.05) is 12.3 Å². The van der Waals surface area contributed by atoms with E-state index in [1.807, 2.05) is 27.7 Å². The van der Waals surface area contributed by atoms with Gasteiger partial charge in [0.05, 0.1) is 29.6 Å². The highest BCUT2D eigenvalue weighted by molar-refractivity contribution is 5.96. The van der Waals surface area contributed by atoms with Crippen LogP contribution in [0.25, 0.3) is 0 Å². The number of Topliss-reactive ketones (excluding diaryl/α,β-unsaturated/α-hetero) is 1. The van der Waals surface area contributed by atoms with Gasteiger partial charge in [-0.05, 0) is 142 Å². The average Bonchev–Trinajstić information content (AvgIpc) is 3.91. The second-order valence-corrected chi connectivity index (χ2v) is 21.2. The number of cyclic esters (lactones) is 4. The third-order valence-corrected chi connectivity index (χ3v) is 16.0. The van der Waals surface area contributed by atoms with Gasteiger partial charge < -0.3 is 14.2 Å². The van der Waals surface area contributed by atoms with Crippen molar-refractivity contribution < 1.29 is 43.0 Å². The lowest BCUT2D eigenvalue weighted by Gasteiger charge is -2.45. The summed E-state index contributed by atoms with van der Waals surface area (Å²) in [7, 11) is 0. The molecule has 8 rings (SSSR count). The number of fused-ring (bicyclic) bond motifs is 11. The molecule has 6 bridgehead atoms. The number of rotatable bonds is 7. The fourth-order valence-corrected chi connectivity index (χ4v) is 13.7. The van der Waals surface area contributed by atoms with Crippen LogP contribution in [0.1, 0.15) is 121 Å². The first kappa shape index (κ1) is 38.7. The van der Waals surface area contributed by atoms with Crippen LogP contribution in [0.5, 0.6) is 0 Å². The fraction of sp³-hybridized carbons (Fsp3) is 0.864. The highest BCUT2D eigenvalue weighted by atomic mass is 16.6. The number of esters is 5. The largest absolute Gasteiger partial charge is 0.460 e. The molecule has 0 N–H and O–H groups in total. The van der Waals surface area contributed by atoms with Gasteiger partial charge in [-0.15, -0.1) is 0 Å². The summed E-state index contributed by atoms with van der Waals surface area (Å²) in [5, 5.41) is 0. The SMILES string of the molecule is CC1C(=O)OC(=O)C1CC1C(C)C2CC1[C@@H]1C3CC(CC3C(=O)CC(C)(C)C)[C@H]21.CC1C(=O)OC(=O)C1CC1C(C)C2CC1[C@H](C(=O)OC(C)(C)C)C2. The van der Waals surface area contributed by atoms with Gasteiger partial charge in [-0.1, -0.05) is 48.5 Å². The Bertz CT molecular complexity index is 1530. The lowest BCUT2D eigenvalue weighted by atomic mass is 9.59. The Labute approximate surface area is 316 Å². The molecule has 18 atom stereocenters. The number of hydrogen-bond donors (Lipinski definition) is 0. The fourth-order valence-electron chi connectivity index (χ4n) is 13.7. The lowest BCUT2D eigenvalue weighted by Crippen LogP contribution is -2.42. The Balaban J connectivity index is 0.000000168. The highest BCUT2D eigenvalue weighted by Crippen LogP contribution is 2.72. The average molecular weight is 737 g/mol. The minimum atomic E-state index is -0.476. The number of carbonyl (C=O) groups excluding carboxylic acids is 6. The van der Waals surface area contributed by atoms with Crippen LogP contribution < -0.4 is 0 Å². The molecule has 0 spiro atoms. The van der Waals surface area contributed by atoms with Crippen LogP contribution in [-0.4, -0.2) is 41.2 Å². The molecule has 0 radical (unpaired) electrons. The lowest BCUT2D eigenvalue weighted by molar-refractivity contribution is -0.163. The van der Waals surface area contributed by atoms with Gasteiger partial charge in [-0.25, -0.2) is 0 Å². The van der Waals surface area contributed by atoms with Crippen LogP contribution in [0.15, 0.2) is 0 Å². The maximum absolute atomic E-state index is 13.1. The molecule has 6 saturated carbocycles. The second-order valence-electron chi connectivity index (χ2n) is 21.2. The molecule has 8 fully saturated rings. The first-order valence-corrected chi connectivity index (χ1v) is 20.9. The van der Waals surface area contributed by atoms with Crippen molar-refractivity contribution in [2.45, 2.75) is 126 Å². The van der Waals surface area contributed by atoms with Crippen molar-refractivity contribution in [2.24, 2.45) is 112 Å². The number of carbonyl (C=O) groups is 6. The van der Waals surface area contributed by atoms with Crippen molar-refractivity contribution in [2.75, 3.05) is 0 Å². The summed E-state index contributed by atoms with van der Waals surface area (Å²) >= 11 is 0. The zero-order valence-electron chi connectivity index (χ0n) is 33.7. The second kappa shape index (κ2) is 13.6. The highest BCUT2D eigenvalue weighted by Gasteiger charge is 2.67. The predicted molar refractivity (Wildman–Crippen MR) is 195 cm³/mol. The van der Waals surface area contributed by atoms with Gasteiger partial charge in [-0.2, -0.15) is 0 Å².